The molecular formula is C31H50N4O8Si2. The molecule has 1 aromatic carbocycles. The highest BCUT2D eigenvalue weighted by atomic mass is 28.4. The van der Waals surface area contributed by atoms with Crippen molar-refractivity contribution in [3.63, 3.8) is 0 Å². The molecule has 1 fully saturated rings. The Morgan fingerprint density at radius 1 is 1.02 bits per heavy atom. The zero-order valence-electron chi connectivity index (χ0n) is 28.3. The van der Waals surface area contributed by atoms with E-state index >= 15 is 0 Å². The minimum Gasteiger partial charge on any atom is -0.449 e. The molecule has 0 spiro atoms. The number of hydrogen-bond acceptors (Lipinski definition) is 9. The van der Waals surface area contributed by atoms with E-state index in [1.54, 1.807) is 18.3 Å². The van der Waals surface area contributed by atoms with Crippen LogP contribution in [-0.4, -0.2) is 63.1 Å². The van der Waals surface area contributed by atoms with Crippen molar-refractivity contribution in [3.05, 3.63) is 62.7 Å². The van der Waals surface area contributed by atoms with Crippen molar-refractivity contribution in [2.75, 3.05) is 25.1 Å². The molecule has 14 heteroatoms. The highest BCUT2D eigenvalue weighted by molar-refractivity contribution is 6.74. The van der Waals surface area contributed by atoms with Gasteiger partial charge in [0, 0.05) is 43.7 Å². The number of carbonyl (C=O) groups is 1. The monoisotopic (exact) mass is 662 g/mol. The normalized spacial score (nSPS) is 19.4. The molecule has 2 heterocycles. The average Bonchev–Trinajstić information content (AvgIpc) is 3.32. The fourth-order valence-electron chi connectivity index (χ4n) is 4.24. The molecule has 0 aliphatic carbocycles. The largest absolute Gasteiger partial charge is 0.449 e. The Labute approximate surface area is 268 Å². The van der Waals surface area contributed by atoms with E-state index in [2.05, 4.69) is 78.0 Å². The highest BCUT2D eigenvalue weighted by Crippen LogP contribution is 2.41. The number of ether oxygens (including phenoxy) is 2. The topological polar surface area (TPSA) is 144 Å². The van der Waals surface area contributed by atoms with Gasteiger partial charge in [0.15, 0.2) is 16.6 Å². The SMILES string of the molecule is CC(C)(C)[Si](C)(C)OC[C@H]1C[C@H](n2ccc(NC(=O)OCCc3ccc([N+](=O)[O-])cc3)nc2=O)O[C@@H]1CO[Si](C)(C)C(C)(C)C. The summed E-state index contributed by atoms with van der Waals surface area (Å²) >= 11 is 0. The van der Waals surface area contributed by atoms with Crippen LogP contribution in [0.25, 0.3) is 0 Å². The first kappa shape index (κ1) is 36.6. The quantitative estimate of drug-likeness (QED) is 0.146. The Morgan fingerprint density at radius 3 is 2.13 bits per heavy atom. The van der Waals surface area contributed by atoms with E-state index in [1.807, 2.05) is 0 Å². The van der Waals surface area contributed by atoms with Crippen molar-refractivity contribution in [3.8, 4) is 0 Å². The molecule has 0 radical (unpaired) electrons. The number of nitro benzene ring substituents is 1. The molecule has 1 saturated heterocycles. The van der Waals surface area contributed by atoms with Crippen molar-refractivity contribution in [1.29, 1.82) is 0 Å². The highest BCUT2D eigenvalue weighted by Gasteiger charge is 2.44. The smallest absolute Gasteiger partial charge is 0.412 e. The lowest BCUT2D eigenvalue weighted by molar-refractivity contribution is -0.384. The molecule has 1 N–H and O–H groups in total. The van der Waals surface area contributed by atoms with Gasteiger partial charge >= 0.3 is 11.8 Å². The standard InChI is InChI=1S/C31H50N4O8Si2/c1-30(2,3)44(7,8)41-20-23-19-27(43-25(23)21-42-45(9,10)31(4,5)6)34-17-15-26(32-28(34)36)33-29(37)40-18-16-22-11-13-24(14-12-22)35(38)39/h11-15,17,23,25,27H,16,18-21H2,1-10H3,(H,32,33,36,37)/t23-,25-,27-/m1/s1. The Balaban J connectivity index is 1.64. The number of nitrogens with zero attached hydrogens (tertiary/aromatic N) is 3. The second kappa shape index (κ2) is 14.2. The predicted octanol–water partition coefficient (Wildman–Crippen LogP) is 6.89. The van der Waals surface area contributed by atoms with Gasteiger partial charge < -0.3 is 18.3 Å². The van der Waals surface area contributed by atoms with Gasteiger partial charge in [-0.2, -0.15) is 4.98 Å². The number of hydrogen-bond donors (Lipinski definition) is 1. The molecule has 0 saturated carbocycles. The van der Waals surface area contributed by atoms with Crippen LogP contribution in [0, 0.1) is 16.0 Å². The van der Waals surface area contributed by atoms with Crippen molar-refractivity contribution in [1.82, 2.24) is 9.55 Å². The lowest BCUT2D eigenvalue weighted by atomic mass is 10.0. The van der Waals surface area contributed by atoms with E-state index < -0.39 is 39.6 Å². The van der Waals surface area contributed by atoms with Crippen LogP contribution in [0.15, 0.2) is 41.3 Å². The van der Waals surface area contributed by atoms with Gasteiger partial charge in [-0.15, -0.1) is 0 Å². The molecule has 2 aromatic rings. The molecule has 0 bridgehead atoms. The molecule has 1 amide bonds. The first-order valence-corrected chi connectivity index (χ1v) is 21.2. The molecule has 1 aromatic heterocycles. The Hall–Kier alpha value is -2.92. The van der Waals surface area contributed by atoms with Gasteiger partial charge in [0.25, 0.3) is 5.69 Å². The maximum Gasteiger partial charge on any atom is 0.412 e. The third-order valence-corrected chi connectivity index (χ3v) is 18.4. The maximum absolute atomic E-state index is 13.1. The van der Waals surface area contributed by atoms with Crippen LogP contribution >= 0.6 is 0 Å². The van der Waals surface area contributed by atoms with Gasteiger partial charge in [0.05, 0.1) is 24.2 Å². The van der Waals surface area contributed by atoms with Gasteiger partial charge in [-0.25, -0.2) is 9.59 Å². The summed E-state index contributed by atoms with van der Waals surface area (Å²) in [6.45, 7) is 23.1. The summed E-state index contributed by atoms with van der Waals surface area (Å²) in [5.74, 6) is 0.0922. The Morgan fingerprint density at radius 2 is 1.60 bits per heavy atom. The van der Waals surface area contributed by atoms with Crippen LogP contribution in [0.5, 0.6) is 0 Å². The Kier molecular flexibility index (Phi) is 11.6. The van der Waals surface area contributed by atoms with E-state index in [4.69, 9.17) is 18.3 Å². The summed E-state index contributed by atoms with van der Waals surface area (Å²) in [4.78, 5) is 39.8. The fraction of sp³-hybridized carbons (Fsp3) is 0.645. The summed E-state index contributed by atoms with van der Waals surface area (Å²) in [5, 5.41) is 13.4. The summed E-state index contributed by atoms with van der Waals surface area (Å²) in [6, 6.07) is 7.55. The van der Waals surface area contributed by atoms with E-state index in [0.717, 1.165) is 5.56 Å². The van der Waals surface area contributed by atoms with Crippen molar-refractivity contribution in [2.24, 2.45) is 5.92 Å². The minimum absolute atomic E-state index is 0.00813. The second-order valence-corrected chi connectivity index (χ2v) is 24.3. The molecule has 12 nitrogen and oxygen atoms in total. The summed E-state index contributed by atoms with van der Waals surface area (Å²) in [7, 11) is -4.04. The Bertz CT molecular complexity index is 1350. The predicted molar refractivity (Wildman–Crippen MR) is 179 cm³/mol. The van der Waals surface area contributed by atoms with Gasteiger partial charge in [-0.1, -0.05) is 53.7 Å². The molecule has 3 rings (SSSR count). The van der Waals surface area contributed by atoms with E-state index in [-0.39, 0.29) is 40.2 Å². The number of nitrogens with one attached hydrogen (secondary N) is 1. The third-order valence-electron chi connectivity index (χ3n) is 9.38. The molecule has 1 aliphatic rings. The van der Waals surface area contributed by atoms with Crippen molar-refractivity contribution >= 4 is 34.2 Å². The minimum atomic E-state index is -2.03. The molecule has 250 valence electrons. The van der Waals surface area contributed by atoms with Gasteiger partial charge in [-0.05, 0) is 47.9 Å². The van der Waals surface area contributed by atoms with Crippen LogP contribution in [0.4, 0.5) is 16.3 Å². The number of nitro groups is 1. The van der Waals surface area contributed by atoms with E-state index in [1.165, 1.54) is 22.8 Å². The van der Waals surface area contributed by atoms with E-state index in [9.17, 15) is 19.7 Å². The van der Waals surface area contributed by atoms with Crippen LogP contribution in [0.1, 0.15) is 59.8 Å². The summed E-state index contributed by atoms with van der Waals surface area (Å²) in [6.07, 6.45) is 0.955. The average molecular weight is 663 g/mol. The zero-order valence-corrected chi connectivity index (χ0v) is 30.3. The first-order chi connectivity index (χ1) is 20.7. The van der Waals surface area contributed by atoms with Crippen LogP contribution in [0.3, 0.4) is 0 Å². The lowest BCUT2D eigenvalue weighted by Gasteiger charge is -2.38. The number of rotatable bonds is 12. The van der Waals surface area contributed by atoms with Crippen LogP contribution < -0.4 is 11.0 Å². The zero-order chi connectivity index (χ0) is 33.8. The third kappa shape index (κ3) is 9.79. The molecule has 1 aliphatic heterocycles. The van der Waals surface area contributed by atoms with Crippen molar-refractivity contribution in [2.45, 2.75) is 103 Å². The molecule has 45 heavy (non-hydrogen) atoms. The number of carbonyl (C=O) groups excluding carboxylic acids is 1. The van der Waals surface area contributed by atoms with Gasteiger partial charge in [0.2, 0.25) is 0 Å². The second-order valence-electron chi connectivity index (χ2n) is 14.7. The number of anilines is 1. The number of non-ortho nitro benzene ring substituents is 1. The maximum atomic E-state index is 13.1. The van der Waals surface area contributed by atoms with Gasteiger partial charge in [0.1, 0.15) is 12.0 Å². The number of amides is 1. The molecule has 3 atom stereocenters. The van der Waals surface area contributed by atoms with E-state index in [0.29, 0.717) is 26.1 Å². The van der Waals surface area contributed by atoms with Crippen LogP contribution in [-0.2, 0) is 24.7 Å². The lowest BCUT2D eigenvalue weighted by Crippen LogP contribution is -2.45. The molecule has 0 unspecified atom stereocenters. The van der Waals surface area contributed by atoms with Crippen molar-refractivity contribution < 1.29 is 28.0 Å². The van der Waals surface area contributed by atoms with Gasteiger partial charge in [-0.3, -0.25) is 20.0 Å². The first-order valence-electron chi connectivity index (χ1n) is 15.4. The molecular weight excluding hydrogens is 613 g/mol. The number of aromatic nitrogens is 2. The number of benzene rings is 1. The summed E-state index contributed by atoms with van der Waals surface area (Å²) < 4.78 is 26.2. The van der Waals surface area contributed by atoms with Crippen LogP contribution in [0.2, 0.25) is 36.3 Å². The summed E-state index contributed by atoms with van der Waals surface area (Å²) in [5.41, 5.74) is 0.219. The fourth-order valence-corrected chi connectivity index (χ4v) is 6.31.